The second-order valence-electron chi connectivity index (χ2n) is 3.08. The van der Waals surface area contributed by atoms with Crippen LogP contribution in [0.25, 0.3) is 0 Å². The smallest absolute Gasteiger partial charge is 0.343 e. The van der Waals surface area contributed by atoms with Crippen LogP contribution < -0.4 is 5.73 Å². The molecule has 3 nitrogen and oxygen atoms in total. The molecule has 0 aliphatic rings. The van der Waals surface area contributed by atoms with Gasteiger partial charge in [0.25, 0.3) is 0 Å². The van der Waals surface area contributed by atoms with Crippen LogP contribution in [0.2, 0.25) is 0 Å². The summed E-state index contributed by atoms with van der Waals surface area (Å²) in [5.41, 5.74) is 4.18. The topological polar surface area (TPSA) is 52.3 Å². The molecule has 0 spiro atoms. The first-order valence-electron chi connectivity index (χ1n) is 4.59. The molecular formula is C10H10BrF2NO2. The molecule has 16 heavy (non-hydrogen) atoms. The van der Waals surface area contributed by atoms with Gasteiger partial charge in [-0.3, -0.25) is 0 Å². The SMILES string of the molecule is CCCOC(=O)c1c(N)c(F)cc(Br)c1F. The number of rotatable bonds is 3. The van der Waals surface area contributed by atoms with Crippen LogP contribution in [-0.4, -0.2) is 12.6 Å². The summed E-state index contributed by atoms with van der Waals surface area (Å²) < 4.78 is 31.2. The number of carbonyl (C=O) groups is 1. The molecule has 6 heteroatoms. The van der Waals surface area contributed by atoms with Gasteiger partial charge in [-0.25, -0.2) is 13.6 Å². The van der Waals surface area contributed by atoms with E-state index in [9.17, 15) is 13.6 Å². The summed E-state index contributed by atoms with van der Waals surface area (Å²) in [4.78, 5) is 11.4. The minimum atomic E-state index is -0.961. The Morgan fingerprint density at radius 2 is 2.19 bits per heavy atom. The Hall–Kier alpha value is -1.17. The highest BCUT2D eigenvalue weighted by Crippen LogP contribution is 2.27. The molecule has 1 rings (SSSR count). The fraction of sp³-hybridized carbons (Fsp3) is 0.300. The van der Waals surface area contributed by atoms with Gasteiger partial charge in [0.05, 0.1) is 16.8 Å². The third kappa shape index (κ3) is 2.49. The van der Waals surface area contributed by atoms with Crippen molar-refractivity contribution in [1.29, 1.82) is 0 Å². The van der Waals surface area contributed by atoms with E-state index in [1.165, 1.54) is 0 Å². The zero-order valence-corrected chi connectivity index (χ0v) is 10.1. The van der Waals surface area contributed by atoms with Crippen LogP contribution in [0.1, 0.15) is 23.7 Å². The van der Waals surface area contributed by atoms with E-state index in [2.05, 4.69) is 15.9 Å². The van der Waals surface area contributed by atoms with Crippen LogP contribution in [0.5, 0.6) is 0 Å². The Kier molecular flexibility index (Phi) is 4.23. The Morgan fingerprint density at radius 3 is 2.75 bits per heavy atom. The minimum absolute atomic E-state index is 0.131. The lowest BCUT2D eigenvalue weighted by Gasteiger charge is -2.09. The first kappa shape index (κ1) is 12.9. The lowest BCUT2D eigenvalue weighted by molar-refractivity contribution is 0.0500. The van der Waals surface area contributed by atoms with Crippen molar-refractivity contribution in [3.63, 3.8) is 0 Å². The molecule has 0 aliphatic heterocycles. The van der Waals surface area contributed by atoms with E-state index in [-0.39, 0.29) is 11.1 Å². The van der Waals surface area contributed by atoms with Crippen molar-refractivity contribution in [3.8, 4) is 0 Å². The number of halogens is 3. The molecule has 0 saturated heterocycles. The van der Waals surface area contributed by atoms with E-state index in [4.69, 9.17) is 10.5 Å². The Bertz CT molecular complexity index is 398. The molecule has 0 radical (unpaired) electrons. The Morgan fingerprint density at radius 1 is 1.56 bits per heavy atom. The number of hydrogen-bond donors (Lipinski definition) is 1. The van der Waals surface area contributed by atoms with Gasteiger partial charge in [0.15, 0.2) is 5.82 Å². The van der Waals surface area contributed by atoms with Crippen LogP contribution in [0.4, 0.5) is 14.5 Å². The molecular weight excluding hydrogens is 284 g/mol. The molecule has 88 valence electrons. The van der Waals surface area contributed by atoms with E-state index in [0.717, 1.165) is 6.07 Å². The number of carbonyl (C=O) groups excluding carboxylic acids is 1. The molecule has 0 heterocycles. The molecule has 0 fully saturated rings. The number of esters is 1. The zero-order chi connectivity index (χ0) is 12.3. The summed E-state index contributed by atoms with van der Waals surface area (Å²) in [6.07, 6.45) is 0.587. The molecule has 1 aromatic rings. The summed E-state index contributed by atoms with van der Waals surface area (Å²) >= 11 is 2.79. The molecule has 0 bridgehead atoms. The number of nitrogens with two attached hydrogens (primary N) is 1. The number of hydrogen-bond acceptors (Lipinski definition) is 3. The molecule has 0 aromatic heterocycles. The predicted octanol–water partition coefficient (Wildman–Crippen LogP) is 2.88. The van der Waals surface area contributed by atoms with Gasteiger partial charge in [-0.15, -0.1) is 0 Å². The predicted molar refractivity (Wildman–Crippen MR) is 59.0 cm³/mol. The average Bonchev–Trinajstić information content (AvgIpc) is 2.24. The second kappa shape index (κ2) is 5.25. The van der Waals surface area contributed by atoms with E-state index in [1.54, 1.807) is 6.92 Å². The Labute approximate surface area is 99.7 Å². The van der Waals surface area contributed by atoms with Gasteiger partial charge in [-0.05, 0) is 28.4 Å². The largest absolute Gasteiger partial charge is 0.462 e. The van der Waals surface area contributed by atoms with Crippen molar-refractivity contribution in [2.75, 3.05) is 12.3 Å². The van der Waals surface area contributed by atoms with Crippen molar-refractivity contribution in [1.82, 2.24) is 0 Å². The fourth-order valence-corrected chi connectivity index (χ4v) is 1.48. The Balaban J connectivity index is 3.16. The third-order valence-electron chi connectivity index (χ3n) is 1.85. The van der Waals surface area contributed by atoms with E-state index < -0.39 is 28.9 Å². The average molecular weight is 294 g/mol. The molecule has 0 aliphatic carbocycles. The monoisotopic (exact) mass is 293 g/mol. The van der Waals surface area contributed by atoms with Crippen molar-refractivity contribution in [3.05, 3.63) is 27.7 Å². The normalized spacial score (nSPS) is 10.2. The number of benzene rings is 1. The molecule has 0 amide bonds. The maximum atomic E-state index is 13.5. The summed E-state index contributed by atoms with van der Waals surface area (Å²) in [6.45, 7) is 1.92. The van der Waals surface area contributed by atoms with Crippen molar-refractivity contribution >= 4 is 27.6 Å². The van der Waals surface area contributed by atoms with Gasteiger partial charge in [0.1, 0.15) is 11.4 Å². The summed E-state index contributed by atoms with van der Waals surface area (Å²) in [5, 5.41) is 0. The number of nitrogen functional groups attached to an aromatic ring is 1. The van der Waals surface area contributed by atoms with Gasteiger partial charge < -0.3 is 10.5 Å². The van der Waals surface area contributed by atoms with Crippen LogP contribution in [-0.2, 0) is 4.74 Å². The molecule has 1 aromatic carbocycles. The van der Waals surface area contributed by atoms with Crippen LogP contribution >= 0.6 is 15.9 Å². The molecule has 0 unspecified atom stereocenters. The van der Waals surface area contributed by atoms with Crippen LogP contribution in [0, 0.1) is 11.6 Å². The highest BCUT2D eigenvalue weighted by molar-refractivity contribution is 9.10. The van der Waals surface area contributed by atoms with Gasteiger partial charge >= 0.3 is 5.97 Å². The van der Waals surface area contributed by atoms with Gasteiger partial charge in [-0.2, -0.15) is 0 Å². The maximum Gasteiger partial charge on any atom is 0.343 e. The summed E-state index contributed by atoms with van der Waals surface area (Å²) in [7, 11) is 0. The van der Waals surface area contributed by atoms with Gasteiger partial charge in [0.2, 0.25) is 0 Å². The van der Waals surface area contributed by atoms with Gasteiger partial charge in [0, 0.05) is 0 Å². The molecule has 0 atom stereocenters. The fourth-order valence-electron chi connectivity index (χ4n) is 1.08. The molecule has 0 saturated carbocycles. The lowest BCUT2D eigenvalue weighted by Crippen LogP contribution is -2.13. The minimum Gasteiger partial charge on any atom is -0.462 e. The van der Waals surface area contributed by atoms with Crippen LogP contribution in [0.15, 0.2) is 10.5 Å². The van der Waals surface area contributed by atoms with Gasteiger partial charge in [-0.1, -0.05) is 6.92 Å². The van der Waals surface area contributed by atoms with Crippen molar-refractivity contribution in [2.45, 2.75) is 13.3 Å². The summed E-state index contributed by atoms with van der Waals surface area (Å²) in [6, 6.07) is 0.862. The molecule has 2 N–H and O–H groups in total. The van der Waals surface area contributed by atoms with Crippen molar-refractivity contribution < 1.29 is 18.3 Å². The number of ether oxygens (including phenoxy) is 1. The third-order valence-corrected chi connectivity index (χ3v) is 2.43. The maximum absolute atomic E-state index is 13.5. The highest BCUT2D eigenvalue weighted by atomic mass is 79.9. The van der Waals surface area contributed by atoms with E-state index in [1.807, 2.05) is 0 Å². The summed E-state index contributed by atoms with van der Waals surface area (Å²) in [5.74, 6) is -2.74. The van der Waals surface area contributed by atoms with Crippen molar-refractivity contribution in [2.24, 2.45) is 0 Å². The number of anilines is 1. The zero-order valence-electron chi connectivity index (χ0n) is 8.52. The standard InChI is InChI=1S/C10H10BrF2NO2/c1-2-3-16-10(15)7-8(13)5(11)4-6(12)9(7)14/h4H,2-3,14H2,1H3. The van der Waals surface area contributed by atoms with E-state index in [0.29, 0.717) is 6.42 Å². The first-order chi connectivity index (χ1) is 7.49. The highest BCUT2D eigenvalue weighted by Gasteiger charge is 2.22. The second-order valence-corrected chi connectivity index (χ2v) is 3.93. The van der Waals surface area contributed by atoms with Crippen LogP contribution in [0.3, 0.4) is 0 Å². The lowest BCUT2D eigenvalue weighted by atomic mass is 10.1. The van der Waals surface area contributed by atoms with E-state index >= 15 is 0 Å². The first-order valence-corrected chi connectivity index (χ1v) is 5.38. The quantitative estimate of drug-likeness (QED) is 0.530.